The fraction of sp³-hybridized carbons (Fsp3) is 0.442. The van der Waals surface area contributed by atoms with Crippen LogP contribution in [0.1, 0.15) is 73.3 Å². The minimum Gasteiger partial charge on any atom is -0.444 e. The van der Waals surface area contributed by atoms with Gasteiger partial charge in [0.1, 0.15) is 11.4 Å². The molecule has 2 aliphatic rings. The number of anilines is 4. The summed E-state index contributed by atoms with van der Waals surface area (Å²) < 4.78 is 11.3. The SMILES string of the molecule is CCN(c1cc(-c2ccc(N3CCN(C(=O)OC(C)(C)C)CC3)nc2)cc(C(=O)Nc2ccccc2NCc2c(C)cc(C)[nH]c2=O)c1C)C1CCOCC1. The Kier molecular flexibility index (Phi) is 12.1. The number of aromatic nitrogens is 2. The van der Waals surface area contributed by atoms with E-state index in [4.69, 9.17) is 14.5 Å². The number of H-pyrrole nitrogens is 1. The molecule has 12 heteroatoms. The molecule has 0 bridgehead atoms. The zero-order valence-corrected chi connectivity index (χ0v) is 33.3. The van der Waals surface area contributed by atoms with Crippen molar-refractivity contribution >= 4 is 34.9 Å². The van der Waals surface area contributed by atoms with Crippen LogP contribution in [0.5, 0.6) is 0 Å². The molecule has 2 aliphatic heterocycles. The van der Waals surface area contributed by atoms with E-state index in [-0.39, 0.29) is 17.6 Å². The summed E-state index contributed by atoms with van der Waals surface area (Å²) in [5, 5.41) is 6.55. The van der Waals surface area contributed by atoms with Crippen molar-refractivity contribution in [1.82, 2.24) is 14.9 Å². The molecule has 2 fully saturated rings. The minimum absolute atomic E-state index is 0.125. The topological polar surface area (TPSA) is 132 Å². The number of carbonyl (C=O) groups is 2. The zero-order chi connectivity index (χ0) is 39.3. The Bertz CT molecular complexity index is 2040. The van der Waals surface area contributed by atoms with Gasteiger partial charge in [-0.2, -0.15) is 0 Å². The standard InChI is InChI=1S/C43H55N7O5/c1-8-50(33-15-21-54-22-16-33)38-25-32(31-13-14-39(45-26-31)48-17-19-49(20-18-48)42(53)55-43(5,6)7)24-34(30(38)4)40(51)47-37-12-10-9-11-36(37)44-27-35-28(2)23-29(3)46-41(35)52/h9-14,23-26,33,44H,8,15-22,27H2,1-7H3,(H,46,52)(H,47,51). The number of hydrogen-bond donors (Lipinski definition) is 3. The van der Waals surface area contributed by atoms with Gasteiger partial charge in [-0.25, -0.2) is 9.78 Å². The van der Waals surface area contributed by atoms with Crippen LogP contribution >= 0.6 is 0 Å². The molecule has 0 aliphatic carbocycles. The number of nitrogens with one attached hydrogen (secondary N) is 3. The lowest BCUT2D eigenvalue weighted by Crippen LogP contribution is -2.50. The van der Waals surface area contributed by atoms with Crippen LogP contribution < -0.4 is 26.0 Å². The number of carbonyl (C=O) groups excluding carboxylic acids is 2. The van der Waals surface area contributed by atoms with Crippen molar-refractivity contribution in [3.8, 4) is 11.1 Å². The number of aromatic amines is 1. The Hall–Kier alpha value is -5.36. The molecule has 2 saturated heterocycles. The summed E-state index contributed by atoms with van der Waals surface area (Å²) in [6.45, 7) is 18.5. The molecular weight excluding hydrogens is 695 g/mol. The molecule has 55 heavy (non-hydrogen) atoms. The monoisotopic (exact) mass is 749 g/mol. The van der Waals surface area contributed by atoms with Gasteiger partial charge >= 0.3 is 6.09 Å². The van der Waals surface area contributed by atoms with Gasteiger partial charge in [0, 0.05) is 92.8 Å². The maximum absolute atomic E-state index is 14.4. The average molecular weight is 750 g/mol. The Morgan fingerprint density at radius 2 is 1.67 bits per heavy atom. The van der Waals surface area contributed by atoms with Crippen LogP contribution in [0.4, 0.5) is 27.7 Å². The Balaban J connectivity index is 1.26. The first kappa shape index (κ1) is 39.3. The van der Waals surface area contributed by atoms with Crippen molar-refractivity contribution in [2.24, 2.45) is 0 Å². The molecule has 0 spiro atoms. The molecule has 2 amide bonds. The van der Waals surface area contributed by atoms with Crippen LogP contribution in [0.15, 0.2) is 65.6 Å². The van der Waals surface area contributed by atoms with E-state index in [0.717, 1.165) is 58.8 Å². The summed E-state index contributed by atoms with van der Waals surface area (Å²) in [6, 6.07) is 18.0. The van der Waals surface area contributed by atoms with Gasteiger partial charge in [-0.1, -0.05) is 12.1 Å². The first-order chi connectivity index (χ1) is 26.3. The van der Waals surface area contributed by atoms with Crippen LogP contribution in [0.25, 0.3) is 11.1 Å². The van der Waals surface area contributed by atoms with Gasteiger partial charge in [-0.05, 0) is 120 Å². The second-order valence-electron chi connectivity index (χ2n) is 15.5. The second-order valence-corrected chi connectivity index (χ2v) is 15.5. The van der Waals surface area contributed by atoms with Crippen LogP contribution in [0.3, 0.4) is 0 Å². The minimum atomic E-state index is -0.535. The molecule has 0 saturated carbocycles. The Morgan fingerprint density at radius 1 is 0.964 bits per heavy atom. The Labute approximate surface area is 324 Å². The number of rotatable bonds is 10. The average Bonchev–Trinajstić information content (AvgIpc) is 3.16. The molecule has 3 N–H and O–H groups in total. The highest BCUT2D eigenvalue weighted by Crippen LogP contribution is 2.35. The quantitative estimate of drug-likeness (QED) is 0.153. The molecule has 2 aromatic carbocycles. The van der Waals surface area contributed by atoms with Crippen LogP contribution in [-0.4, -0.2) is 84.4 Å². The normalized spacial score (nSPS) is 15.1. The lowest BCUT2D eigenvalue weighted by atomic mass is 9.95. The highest BCUT2D eigenvalue weighted by Gasteiger charge is 2.28. The summed E-state index contributed by atoms with van der Waals surface area (Å²) in [6.07, 6.45) is 3.41. The third-order valence-corrected chi connectivity index (χ3v) is 10.4. The van der Waals surface area contributed by atoms with Crippen LogP contribution in [0, 0.1) is 20.8 Å². The van der Waals surface area contributed by atoms with Gasteiger partial charge < -0.3 is 39.8 Å². The fourth-order valence-electron chi connectivity index (χ4n) is 7.43. The number of amides is 2. The van der Waals surface area contributed by atoms with Gasteiger partial charge in [0.05, 0.1) is 11.4 Å². The van der Waals surface area contributed by atoms with E-state index >= 15 is 0 Å². The lowest BCUT2D eigenvalue weighted by molar-refractivity contribution is 0.0240. The first-order valence-electron chi connectivity index (χ1n) is 19.3. The summed E-state index contributed by atoms with van der Waals surface area (Å²) in [7, 11) is 0. The molecule has 6 rings (SSSR count). The number of para-hydroxylation sites is 2. The van der Waals surface area contributed by atoms with Crippen LogP contribution in [-0.2, 0) is 16.0 Å². The highest BCUT2D eigenvalue weighted by atomic mass is 16.6. The molecular formula is C43H55N7O5. The van der Waals surface area contributed by atoms with E-state index in [0.29, 0.717) is 74.5 Å². The van der Waals surface area contributed by atoms with Crippen molar-refractivity contribution < 1.29 is 19.1 Å². The van der Waals surface area contributed by atoms with Crippen molar-refractivity contribution in [2.45, 2.75) is 79.5 Å². The molecule has 0 radical (unpaired) electrons. The molecule has 292 valence electrons. The summed E-state index contributed by atoms with van der Waals surface area (Å²) in [4.78, 5) is 53.7. The predicted molar refractivity (Wildman–Crippen MR) is 220 cm³/mol. The molecule has 4 aromatic rings. The van der Waals surface area contributed by atoms with E-state index in [1.807, 2.05) is 90.2 Å². The van der Waals surface area contributed by atoms with E-state index in [1.54, 1.807) is 4.90 Å². The number of ether oxygens (including phenoxy) is 2. The third-order valence-electron chi connectivity index (χ3n) is 10.4. The van der Waals surface area contributed by atoms with Gasteiger partial charge in [0.25, 0.3) is 11.5 Å². The largest absolute Gasteiger partial charge is 0.444 e. The van der Waals surface area contributed by atoms with Gasteiger partial charge in [-0.15, -0.1) is 0 Å². The van der Waals surface area contributed by atoms with Crippen molar-refractivity contribution in [3.63, 3.8) is 0 Å². The number of pyridine rings is 2. The highest BCUT2D eigenvalue weighted by molar-refractivity contribution is 6.08. The first-order valence-corrected chi connectivity index (χ1v) is 19.3. The number of benzene rings is 2. The van der Waals surface area contributed by atoms with Gasteiger partial charge in [0.15, 0.2) is 0 Å². The molecule has 4 heterocycles. The maximum atomic E-state index is 14.4. The second kappa shape index (κ2) is 17.0. The number of aryl methyl sites for hydroxylation is 2. The van der Waals surface area contributed by atoms with Crippen molar-refractivity contribution in [2.75, 3.05) is 66.4 Å². The maximum Gasteiger partial charge on any atom is 0.410 e. The van der Waals surface area contributed by atoms with E-state index in [9.17, 15) is 14.4 Å². The molecule has 0 unspecified atom stereocenters. The third kappa shape index (κ3) is 9.48. The Morgan fingerprint density at radius 3 is 2.31 bits per heavy atom. The summed E-state index contributed by atoms with van der Waals surface area (Å²) >= 11 is 0. The zero-order valence-electron chi connectivity index (χ0n) is 33.3. The van der Waals surface area contributed by atoms with Crippen molar-refractivity contribution in [3.05, 3.63) is 99.1 Å². The number of hydrogen-bond acceptors (Lipinski definition) is 9. The molecule has 2 aromatic heterocycles. The smallest absolute Gasteiger partial charge is 0.410 e. The van der Waals surface area contributed by atoms with E-state index in [1.165, 1.54) is 0 Å². The lowest BCUT2D eigenvalue weighted by Gasteiger charge is -2.37. The molecule has 0 atom stereocenters. The summed E-state index contributed by atoms with van der Waals surface area (Å²) in [5.41, 5.74) is 7.32. The van der Waals surface area contributed by atoms with E-state index < -0.39 is 5.60 Å². The molecule has 12 nitrogen and oxygen atoms in total. The fourth-order valence-corrected chi connectivity index (χ4v) is 7.43. The van der Waals surface area contributed by atoms with Crippen molar-refractivity contribution in [1.29, 1.82) is 0 Å². The van der Waals surface area contributed by atoms with Gasteiger partial charge in [0.2, 0.25) is 0 Å². The predicted octanol–water partition coefficient (Wildman–Crippen LogP) is 7.29. The number of piperazine rings is 1. The number of nitrogens with zero attached hydrogens (tertiary/aromatic N) is 4. The summed E-state index contributed by atoms with van der Waals surface area (Å²) in [5.74, 6) is 0.608. The van der Waals surface area contributed by atoms with E-state index in [2.05, 4.69) is 44.5 Å². The van der Waals surface area contributed by atoms with Gasteiger partial charge in [-0.3, -0.25) is 9.59 Å². The van der Waals surface area contributed by atoms with Crippen LogP contribution in [0.2, 0.25) is 0 Å².